The van der Waals surface area contributed by atoms with Crippen LogP contribution in [0.4, 0.5) is 0 Å². The highest BCUT2D eigenvalue weighted by atomic mass is 35.5. The molecule has 1 heterocycles. The zero-order chi connectivity index (χ0) is 13.2. The van der Waals surface area contributed by atoms with Crippen molar-refractivity contribution in [2.45, 2.75) is 37.7 Å². The summed E-state index contributed by atoms with van der Waals surface area (Å²) in [6, 6.07) is 7.41. The van der Waals surface area contributed by atoms with Crippen LogP contribution < -0.4 is 0 Å². The second-order valence-electron chi connectivity index (χ2n) is 4.97. The van der Waals surface area contributed by atoms with Crippen molar-refractivity contribution in [2.24, 2.45) is 0 Å². The number of aromatic nitrogens is 2. The predicted molar refractivity (Wildman–Crippen MR) is 72.0 cm³/mol. The van der Waals surface area contributed by atoms with Crippen LogP contribution in [0.3, 0.4) is 0 Å². The summed E-state index contributed by atoms with van der Waals surface area (Å²) in [7, 11) is 0. The van der Waals surface area contributed by atoms with E-state index in [2.05, 4.69) is 10.1 Å². The molecule has 0 unspecified atom stereocenters. The first kappa shape index (κ1) is 12.6. The first-order chi connectivity index (χ1) is 9.22. The molecule has 0 spiro atoms. The second-order valence-corrected chi connectivity index (χ2v) is 5.41. The maximum atomic E-state index is 9.51. The highest BCUT2D eigenvalue weighted by Crippen LogP contribution is 2.33. The van der Waals surface area contributed by atoms with Crippen molar-refractivity contribution in [3.05, 3.63) is 35.2 Å². The molecule has 100 valence electrons. The van der Waals surface area contributed by atoms with Crippen LogP contribution >= 0.6 is 11.6 Å². The maximum Gasteiger partial charge on any atom is 0.230 e. The molecule has 4 nitrogen and oxygen atoms in total. The number of benzene rings is 1. The molecule has 1 aliphatic rings. The molecule has 1 N–H and O–H groups in total. The van der Waals surface area contributed by atoms with Gasteiger partial charge < -0.3 is 9.63 Å². The number of aliphatic hydroxyl groups is 1. The number of aliphatic hydroxyl groups excluding tert-OH is 1. The molecule has 0 radical (unpaired) electrons. The molecule has 0 aliphatic heterocycles. The predicted octanol–water partition coefficient (Wildman–Crippen LogP) is 3.41. The van der Waals surface area contributed by atoms with Crippen LogP contribution in [0.25, 0.3) is 11.4 Å². The molecule has 0 amide bonds. The van der Waals surface area contributed by atoms with E-state index in [0.717, 1.165) is 31.2 Å². The molecule has 1 aliphatic carbocycles. The Kier molecular flexibility index (Phi) is 3.53. The number of halogens is 1. The normalized spacial score (nSPS) is 23.5. The first-order valence-corrected chi connectivity index (χ1v) is 6.88. The highest BCUT2D eigenvalue weighted by Gasteiger charge is 2.25. The smallest absolute Gasteiger partial charge is 0.230 e. The third-order valence-corrected chi connectivity index (χ3v) is 3.81. The van der Waals surface area contributed by atoms with Crippen molar-refractivity contribution in [1.29, 1.82) is 0 Å². The van der Waals surface area contributed by atoms with Crippen LogP contribution in [0.15, 0.2) is 28.8 Å². The van der Waals surface area contributed by atoms with Crippen molar-refractivity contribution >= 4 is 11.6 Å². The Balaban J connectivity index is 1.80. The zero-order valence-electron chi connectivity index (χ0n) is 10.4. The van der Waals surface area contributed by atoms with Gasteiger partial charge in [-0.15, -0.1) is 0 Å². The molecule has 0 saturated heterocycles. The molecule has 3 rings (SSSR count). The maximum absolute atomic E-state index is 9.51. The summed E-state index contributed by atoms with van der Waals surface area (Å²) in [5, 5.41) is 14.2. The molecule has 0 atom stereocenters. The van der Waals surface area contributed by atoms with Gasteiger partial charge in [0.15, 0.2) is 0 Å². The summed E-state index contributed by atoms with van der Waals surface area (Å²) in [6.07, 6.45) is 3.24. The topological polar surface area (TPSA) is 59.2 Å². The van der Waals surface area contributed by atoms with Crippen molar-refractivity contribution < 1.29 is 9.63 Å². The van der Waals surface area contributed by atoms with Crippen LogP contribution in [-0.4, -0.2) is 21.4 Å². The van der Waals surface area contributed by atoms with Gasteiger partial charge in [0.25, 0.3) is 0 Å². The fourth-order valence-corrected chi connectivity index (χ4v) is 2.66. The fourth-order valence-electron chi connectivity index (χ4n) is 2.47. The van der Waals surface area contributed by atoms with Gasteiger partial charge in [0.1, 0.15) is 0 Å². The van der Waals surface area contributed by atoms with E-state index in [1.165, 1.54) is 0 Å². The van der Waals surface area contributed by atoms with E-state index in [1.54, 1.807) is 0 Å². The van der Waals surface area contributed by atoms with Crippen LogP contribution in [0.2, 0.25) is 5.02 Å². The number of rotatable bonds is 2. The molecule has 1 aromatic carbocycles. The lowest BCUT2D eigenvalue weighted by Gasteiger charge is -2.22. The van der Waals surface area contributed by atoms with Gasteiger partial charge in [-0.3, -0.25) is 0 Å². The van der Waals surface area contributed by atoms with Gasteiger partial charge in [0, 0.05) is 16.5 Å². The van der Waals surface area contributed by atoms with E-state index in [0.29, 0.717) is 16.7 Å². The Labute approximate surface area is 116 Å². The summed E-state index contributed by atoms with van der Waals surface area (Å²) >= 11 is 5.95. The molecule has 1 saturated carbocycles. The van der Waals surface area contributed by atoms with E-state index in [9.17, 15) is 5.11 Å². The van der Waals surface area contributed by atoms with Gasteiger partial charge in [-0.25, -0.2) is 0 Å². The van der Waals surface area contributed by atoms with Crippen LogP contribution in [0, 0.1) is 0 Å². The largest absolute Gasteiger partial charge is 0.393 e. The average Bonchev–Trinajstić information content (AvgIpc) is 2.89. The van der Waals surface area contributed by atoms with E-state index in [1.807, 2.05) is 24.3 Å². The van der Waals surface area contributed by atoms with Gasteiger partial charge >= 0.3 is 0 Å². The van der Waals surface area contributed by atoms with Gasteiger partial charge in [-0.1, -0.05) is 28.9 Å². The molecular formula is C14H15ClN2O2. The molecule has 1 fully saturated rings. The summed E-state index contributed by atoms with van der Waals surface area (Å²) in [5.41, 5.74) is 0.860. The van der Waals surface area contributed by atoms with Crippen LogP contribution in [-0.2, 0) is 0 Å². The van der Waals surface area contributed by atoms with Gasteiger partial charge in [-0.05, 0) is 37.8 Å². The van der Waals surface area contributed by atoms with E-state index in [-0.39, 0.29) is 12.0 Å². The highest BCUT2D eigenvalue weighted by molar-refractivity contribution is 6.30. The first-order valence-electron chi connectivity index (χ1n) is 6.50. The Morgan fingerprint density at radius 1 is 1.21 bits per heavy atom. The Hall–Kier alpha value is -1.39. The minimum Gasteiger partial charge on any atom is -0.393 e. The molecule has 0 bridgehead atoms. The lowest BCUT2D eigenvalue weighted by molar-refractivity contribution is 0.116. The lowest BCUT2D eigenvalue weighted by atomic mass is 9.87. The fraction of sp³-hybridized carbons (Fsp3) is 0.429. The third-order valence-electron chi connectivity index (χ3n) is 3.57. The standard InChI is InChI=1S/C14H15ClN2O2/c15-11-3-1-2-10(8-11)13-16-14(19-17-13)9-4-6-12(18)7-5-9/h1-3,8-9,12,18H,4-7H2. The summed E-state index contributed by atoms with van der Waals surface area (Å²) in [4.78, 5) is 4.45. The quantitative estimate of drug-likeness (QED) is 0.914. The van der Waals surface area contributed by atoms with E-state index < -0.39 is 0 Å². The Morgan fingerprint density at radius 2 is 2.00 bits per heavy atom. The SMILES string of the molecule is OC1CCC(c2nc(-c3cccc(Cl)c3)no2)CC1. The molecule has 1 aromatic heterocycles. The summed E-state index contributed by atoms with van der Waals surface area (Å²) in [6.45, 7) is 0. The van der Waals surface area contributed by atoms with Crippen molar-refractivity contribution in [3.63, 3.8) is 0 Å². The van der Waals surface area contributed by atoms with E-state index in [4.69, 9.17) is 16.1 Å². The van der Waals surface area contributed by atoms with Gasteiger partial charge in [0.2, 0.25) is 11.7 Å². The monoisotopic (exact) mass is 278 g/mol. The third kappa shape index (κ3) is 2.80. The van der Waals surface area contributed by atoms with Crippen molar-refractivity contribution in [3.8, 4) is 11.4 Å². The molecule has 19 heavy (non-hydrogen) atoms. The molecule has 2 aromatic rings. The van der Waals surface area contributed by atoms with Crippen molar-refractivity contribution in [2.75, 3.05) is 0 Å². The zero-order valence-corrected chi connectivity index (χ0v) is 11.2. The summed E-state index contributed by atoms with van der Waals surface area (Å²) in [5.74, 6) is 1.51. The lowest BCUT2D eigenvalue weighted by Crippen LogP contribution is -2.17. The summed E-state index contributed by atoms with van der Waals surface area (Å²) < 4.78 is 5.35. The molecule has 5 heteroatoms. The van der Waals surface area contributed by atoms with Gasteiger partial charge in [0.05, 0.1) is 6.10 Å². The Morgan fingerprint density at radius 3 is 2.74 bits per heavy atom. The number of hydrogen-bond acceptors (Lipinski definition) is 4. The average molecular weight is 279 g/mol. The minimum atomic E-state index is -0.174. The Bertz CT molecular complexity index is 562. The van der Waals surface area contributed by atoms with Gasteiger partial charge in [-0.2, -0.15) is 4.98 Å². The van der Waals surface area contributed by atoms with Crippen LogP contribution in [0.1, 0.15) is 37.5 Å². The second kappa shape index (κ2) is 5.31. The minimum absolute atomic E-state index is 0.174. The number of hydrogen-bond donors (Lipinski definition) is 1. The van der Waals surface area contributed by atoms with Crippen LogP contribution in [0.5, 0.6) is 0 Å². The van der Waals surface area contributed by atoms with E-state index >= 15 is 0 Å². The number of nitrogens with zero attached hydrogens (tertiary/aromatic N) is 2. The molecular weight excluding hydrogens is 264 g/mol. The van der Waals surface area contributed by atoms with Crippen molar-refractivity contribution in [1.82, 2.24) is 10.1 Å².